The maximum atomic E-state index is 13.9. The molecule has 0 saturated heterocycles. The first-order valence-corrected chi connectivity index (χ1v) is 18.9. The van der Waals surface area contributed by atoms with Crippen LogP contribution in [-0.2, 0) is 19.1 Å². The van der Waals surface area contributed by atoms with E-state index in [2.05, 4.69) is 46.9 Å². The lowest BCUT2D eigenvalue weighted by atomic mass is 9.37. The molecule has 0 heterocycles. The average Bonchev–Trinajstić information content (AvgIpc) is 3.30. The molecule has 5 aliphatic carbocycles. The van der Waals surface area contributed by atoms with Gasteiger partial charge in [0.1, 0.15) is 6.10 Å². The summed E-state index contributed by atoms with van der Waals surface area (Å²) in [4.78, 5) is 52.4. The number of esters is 1. The molecule has 0 spiro atoms. The maximum absolute atomic E-state index is 13.9. The lowest BCUT2D eigenvalue weighted by Gasteiger charge is -2.68. The highest BCUT2D eigenvalue weighted by molar-refractivity contribution is 6.04. The molecular formula is C42H59NO6. The monoisotopic (exact) mass is 673 g/mol. The summed E-state index contributed by atoms with van der Waals surface area (Å²) in [7, 11) is 0. The van der Waals surface area contributed by atoms with Gasteiger partial charge in [0.25, 0.3) is 5.91 Å². The van der Waals surface area contributed by atoms with Gasteiger partial charge in [0.15, 0.2) is 5.78 Å². The molecule has 5 aliphatic rings. The van der Waals surface area contributed by atoms with Crippen LogP contribution in [0.15, 0.2) is 35.4 Å². The zero-order valence-corrected chi connectivity index (χ0v) is 31.3. The van der Waals surface area contributed by atoms with E-state index in [4.69, 9.17) is 4.74 Å². The van der Waals surface area contributed by atoms with E-state index in [0.29, 0.717) is 29.7 Å². The van der Waals surface area contributed by atoms with Crippen molar-refractivity contribution in [1.29, 1.82) is 0 Å². The second-order valence-electron chi connectivity index (χ2n) is 18.6. The van der Waals surface area contributed by atoms with Crippen LogP contribution in [0.4, 0.5) is 0 Å². The zero-order valence-electron chi connectivity index (χ0n) is 31.3. The SMILES string of the molecule is Cc1ccccc1C(=O)NC12CCC3C(CCC4C3(C)CCC3C(C)(C)C(OC(=O)CC(C)(C)C(=O)O)CCC34C)C1=C(C(C)C)C(=O)C2. The summed E-state index contributed by atoms with van der Waals surface area (Å²) in [5, 5.41) is 13.1. The number of carbonyl (C=O) groups is 4. The molecule has 1 aromatic carbocycles. The molecule has 0 aromatic heterocycles. The Bertz CT molecular complexity index is 1590. The van der Waals surface area contributed by atoms with E-state index in [1.165, 1.54) is 5.57 Å². The van der Waals surface area contributed by atoms with Gasteiger partial charge in [-0.1, -0.05) is 59.7 Å². The van der Waals surface area contributed by atoms with Gasteiger partial charge < -0.3 is 15.2 Å². The summed E-state index contributed by atoms with van der Waals surface area (Å²) in [6.07, 6.45) is 7.81. The molecule has 8 unspecified atom stereocenters. The number of amides is 1. The van der Waals surface area contributed by atoms with Gasteiger partial charge in [-0.3, -0.25) is 19.2 Å². The summed E-state index contributed by atoms with van der Waals surface area (Å²) >= 11 is 0. The molecule has 7 heteroatoms. The highest BCUT2D eigenvalue weighted by Crippen LogP contribution is 2.72. The molecule has 1 aromatic rings. The van der Waals surface area contributed by atoms with E-state index in [-0.39, 0.29) is 52.3 Å². The number of hydrogen-bond donors (Lipinski definition) is 2. The molecule has 0 radical (unpaired) electrons. The Kier molecular flexibility index (Phi) is 8.84. The van der Waals surface area contributed by atoms with E-state index in [1.54, 1.807) is 13.8 Å². The van der Waals surface area contributed by atoms with Gasteiger partial charge in [0.05, 0.1) is 17.4 Å². The highest BCUT2D eigenvalue weighted by atomic mass is 16.5. The molecule has 6 rings (SSSR count). The first kappa shape index (κ1) is 35.9. The summed E-state index contributed by atoms with van der Waals surface area (Å²) in [5.74, 6) is 0.436. The average molecular weight is 674 g/mol. The van der Waals surface area contributed by atoms with Gasteiger partial charge in [-0.05, 0) is 135 Å². The van der Waals surface area contributed by atoms with Crippen molar-refractivity contribution in [2.75, 3.05) is 0 Å². The van der Waals surface area contributed by atoms with Crippen LogP contribution in [0.3, 0.4) is 0 Å². The number of ether oxygens (including phenoxy) is 1. The van der Waals surface area contributed by atoms with Crippen molar-refractivity contribution in [2.24, 2.45) is 51.2 Å². The van der Waals surface area contributed by atoms with Crippen molar-refractivity contribution in [3.05, 3.63) is 46.5 Å². The summed E-state index contributed by atoms with van der Waals surface area (Å²) < 4.78 is 6.13. The standard InChI is InChI=1S/C42H59NO6/c1-24(2)34-29(44)22-42(43-36(46)26-13-11-10-12-25(26)3)21-16-28-27(35(34)42)14-15-31-40(28,8)19-17-30-39(6,7)32(18-20-41(30,31)9)49-33(45)23-38(4,5)37(47)48/h10-13,24,27-28,30-32H,14-23H2,1-9H3,(H,43,46)(H,47,48). The van der Waals surface area contributed by atoms with Crippen molar-refractivity contribution in [3.63, 3.8) is 0 Å². The summed E-state index contributed by atoms with van der Waals surface area (Å²) in [6.45, 7) is 19.0. The first-order chi connectivity index (χ1) is 22.8. The molecule has 2 N–H and O–H groups in total. The fraction of sp³-hybridized carbons (Fsp3) is 0.714. The van der Waals surface area contributed by atoms with Crippen molar-refractivity contribution in [1.82, 2.24) is 5.32 Å². The Hall–Kier alpha value is -2.96. The van der Waals surface area contributed by atoms with Crippen molar-refractivity contribution in [3.8, 4) is 0 Å². The molecule has 8 atom stereocenters. The molecule has 268 valence electrons. The largest absolute Gasteiger partial charge is 0.481 e. The van der Waals surface area contributed by atoms with Crippen LogP contribution in [0.25, 0.3) is 0 Å². The third-order valence-corrected chi connectivity index (χ3v) is 14.7. The Morgan fingerprint density at radius 3 is 2.27 bits per heavy atom. The number of benzene rings is 1. The van der Waals surface area contributed by atoms with E-state index >= 15 is 0 Å². The lowest BCUT2D eigenvalue weighted by molar-refractivity contribution is -0.213. The highest BCUT2D eigenvalue weighted by Gasteiger charge is 2.67. The lowest BCUT2D eigenvalue weighted by Crippen LogP contribution is -2.64. The number of nitrogens with one attached hydrogen (secondary N) is 1. The van der Waals surface area contributed by atoms with Gasteiger partial charge >= 0.3 is 11.9 Å². The van der Waals surface area contributed by atoms with Crippen LogP contribution >= 0.6 is 0 Å². The second kappa shape index (κ2) is 12.1. The molecule has 0 bridgehead atoms. The van der Waals surface area contributed by atoms with Gasteiger partial charge in [0.2, 0.25) is 0 Å². The number of Topliss-reactive ketones (excluding diaryl/α,β-unsaturated/α-hetero) is 1. The fourth-order valence-corrected chi connectivity index (χ4v) is 12.4. The Labute approximate surface area is 293 Å². The molecule has 4 fully saturated rings. The van der Waals surface area contributed by atoms with Gasteiger partial charge in [-0.15, -0.1) is 0 Å². The minimum absolute atomic E-state index is 0.0778. The number of ketones is 1. The number of carbonyl (C=O) groups excluding carboxylic acids is 3. The van der Waals surface area contributed by atoms with Crippen LogP contribution in [0.1, 0.15) is 136 Å². The number of carboxylic acid groups (broad SMARTS) is 1. The number of allylic oxidation sites excluding steroid dienone is 1. The van der Waals surface area contributed by atoms with Gasteiger partial charge in [-0.25, -0.2) is 0 Å². The fourth-order valence-electron chi connectivity index (χ4n) is 12.4. The molecule has 4 saturated carbocycles. The minimum atomic E-state index is -1.16. The number of aliphatic carboxylic acids is 1. The summed E-state index contributed by atoms with van der Waals surface area (Å²) in [6, 6.07) is 7.71. The van der Waals surface area contributed by atoms with Gasteiger partial charge in [0, 0.05) is 17.4 Å². The molecule has 0 aliphatic heterocycles. The van der Waals surface area contributed by atoms with Crippen molar-refractivity contribution < 1.29 is 29.0 Å². The van der Waals surface area contributed by atoms with Crippen LogP contribution < -0.4 is 5.32 Å². The molecule has 1 amide bonds. The number of fused-ring (bicyclic) bond motifs is 7. The van der Waals surface area contributed by atoms with E-state index < -0.39 is 22.9 Å². The van der Waals surface area contributed by atoms with Crippen molar-refractivity contribution >= 4 is 23.6 Å². The van der Waals surface area contributed by atoms with Crippen molar-refractivity contribution in [2.45, 2.75) is 138 Å². The molecule has 49 heavy (non-hydrogen) atoms. The molecular weight excluding hydrogens is 614 g/mol. The van der Waals surface area contributed by atoms with Crippen LogP contribution in [0.2, 0.25) is 0 Å². The number of aryl methyl sites for hydroxylation is 1. The Morgan fingerprint density at radius 2 is 1.61 bits per heavy atom. The van der Waals surface area contributed by atoms with E-state index in [0.717, 1.165) is 62.5 Å². The summed E-state index contributed by atoms with van der Waals surface area (Å²) in [5.41, 5.74) is 2.02. The number of hydrogen-bond acceptors (Lipinski definition) is 5. The number of carboxylic acids is 1. The maximum Gasteiger partial charge on any atom is 0.309 e. The third kappa shape index (κ3) is 5.60. The second-order valence-corrected chi connectivity index (χ2v) is 18.6. The number of rotatable bonds is 7. The van der Waals surface area contributed by atoms with E-state index in [9.17, 15) is 24.3 Å². The predicted octanol–water partition coefficient (Wildman–Crippen LogP) is 8.48. The Balaban J connectivity index is 1.27. The van der Waals surface area contributed by atoms with Crippen LogP contribution in [0.5, 0.6) is 0 Å². The van der Waals surface area contributed by atoms with Gasteiger partial charge in [-0.2, -0.15) is 0 Å². The normalized spacial score (nSPS) is 36.7. The smallest absolute Gasteiger partial charge is 0.309 e. The minimum Gasteiger partial charge on any atom is -0.481 e. The van der Waals surface area contributed by atoms with E-state index in [1.807, 2.05) is 31.2 Å². The topological polar surface area (TPSA) is 110 Å². The third-order valence-electron chi connectivity index (χ3n) is 14.7. The Morgan fingerprint density at radius 1 is 0.939 bits per heavy atom. The first-order valence-electron chi connectivity index (χ1n) is 18.9. The molecule has 7 nitrogen and oxygen atoms in total. The quantitative estimate of drug-likeness (QED) is 0.281. The van der Waals surface area contributed by atoms with Crippen LogP contribution in [-0.4, -0.2) is 40.4 Å². The van der Waals surface area contributed by atoms with Crippen LogP contribution in [0, 0.1) is 58.2 Å². The zero-order chi connectivity index (χ0) is 35.9. The predicted molar refractivity (Wildman–Crippen MR) is 190 cm³/mol.